The summed E-state index contributed by atoms with van der Waals surface area (Å²) in [6, 6.07) is 3.91. The topological polar surface area (TPSA) is 0 Å². The van der Waals surface area contributed by atoms with Crippen LogP contribution in [0.5, 0.6) is 0 Å². The van der Waals surface area contributed by atoms with E-state index in [-0.39, 0.29) is 23.3 Å². The Hall–Kier alpha value is -4.21. The van der Waals surface area contributed by atoms with Crippen molar-refractivity contribution in [3.05, 3.63) is 130 Å². The van der Waals surface area contributed by atoms with Gasteiger partial charge in [0.05, 0.1) is 34.9 Å². The summed E-state index contributed by atoms with van der Waals surface area (Å²) in [5.74, 6) is -13.4. The molecule has 0 aliphatic carbocycles. The highest BCUT2D eigenvalue weighted by Gasteiger charge is 2.45. The van der Waals surface area contributed by atoms with E-state index in [0.717, 1.165) is 24.3 Å². The quantitative estimate of drug-likeness (QED) is 0.178. The summed E-state index contributed by atoms with van der Waals surface area (Å²) < 4.78 is 140. The zero-order valence-electron chi connectivity index (χ0n) is 22.0. The Kier molecular flexibility index (Phi) is 7.98. The van der Waals surface area contributed by atoms with E-state index in [1.165, 1.54) is 26.8 Å². The lowest BCUT2D eigenvalue weighted by molar-refractivity contribution is 0.552. The molecule has 0 nitrogen and oxygen atoms in total. The fourth-order valence-corrected chi connectivity index (χ4v) is 5.71. The van der Waals surface area contributed by atoms with E-state index in [2.05, 4.69) is 6.58 Å². The molecule has 0 spiro atoms. The molecule has 0 radical (unpaired) electrons. The molecule has 212 valence electrons. The lowest BCUT2D eigenvalue weighted by atomic mass is 9.11. The maximum atomic E-state index is 16.2. The smallest absolute Gasteiger partial charge is 0.131 e. The molecule has 4 rings (SSSR count). The third kappa shape index (κ3) is 4.96. The zero-order chi connectivity index (χ0) is 30.4. The summed E-state index contributed by atoms with van der Waals surface area (Å²) in [5.41, 5.74) is -5.52. The molecule has 4 aromatic carbocycles. The highest BCUT2D eigenvalue weighted by Crippen LogP contribution is 2.26. The van der Waals surface area contributed by atoms with Crippen molar-refractivity contribution < 1.29 is 39.5 Å². The molecule has 4 aromatic rings. The molecule has 0 N–H and O–H groups in total. The summed E-state index contributed by atoms with van der Waals surface area (Å²) >= 11 is 0. The second kappa shape index (κ2) is 11.0. The maximum absolute atomic E-state index is 16.2. The molecule has 0 bridgehead atoms. The van der Waals surface area contributed by atoms with Crippen LogP contribution in [0.15, 0.2) is 61.2 Å². The minimum Gasteiger partial charge on any atom is -0.210 e. The molecule has 0 saturated carbocycles. The fraction of sp³-hybridized carbons (Fsp3) is 0.0968. The van der Waals surface area contributed by atoms with Crippen molar-refractivity contribution >= 4 is 39.6 Å². The first-order chi connectivity index (χ1) is 19.2. The highest BCUT2D eigenvalue weighted by molar-refractivity contribution is 7.20. The number of rotatable bonds is 6. The van der Waals surface area contributed by atoms with Crippen molar-refractivity contribution in [1.29, 1.82) is 0 Å². The molecule has 0 fully saturated rings. The first-order valence-corrected chi connectivity index (χ1v) is 12.3. The Balaban J connectivity index is 2.54. The third-order valence-electron chi connectivity index (χ3n) is 7.03. The molecule has 0 aliphatic rings. The molecule has 0 aromatic heterocycles. The Labute approximate surface area is 230 Å². The van der Waals surface area contributed by atoms with Crippen LogP contribution in [0.1, 0.15) is 30.5 Å². The van der Waals surface area contributed by atoms with Crippen molar-refractivity contribution in [2.75, 3.05) is 0 Å². The van der Waals surface area contributed by atoms with E-state index in [9.17, 15) is 13.2 Å². The molecule has 41 heavy (non-hydrogen) atoms. The van der Waals surface area contributed by atoms with Gasteiger partial charge in [-0.05, 0) is 50.6 Å². The molecular weight excluding hydrogens is 554 g/mol. The van der Waals surface area contributed by atoms with Crippen LogP contribution in [-0.4, -0.2) is 6.15 Å². The first-order valence-electron chi connectivity index (χ1n) is 12.3. The lowest BCUT2D eigenvalue weighted by Crippen LogP contribution is -2.80. The third-order valence-corrected chi connectivity index (χ3v) is 7.03. The SMILES string of the molecule is C=C(C)c1cc(F)cc(F)c1[B-](c1c(F)cc(C)cc1F)(c1c(F)cc(F)cc1F)c1c(F)cc(F)cc1/C=C/C. The monoisotopic (exact) mass is 575 g/mol. The normalized spacial score (nSPS) is 13.1. The molecule has 0 aliphatic heterocycles. The average Bonchev–Trinajstić information content (AvgIpc) is 2.81. The van der Waals surface area contributed by atoms with Crippen LogP contribution in [0.4, 0.5) is 39.5 Å². The molecule has 0 saturated heterocycles. The minimum absolute atomic E-state index is 0.00135. The Morgan fingerprint density at radius 2 is 0.976 bits per heavy atom. The molecule has 1 unspecified atom stereocenters. The van der Waals surface area contributed by atoms with E-state index < -0.39 is 91.5 Å². The Morgan fingerprint density at radius 3 is 1.44 bits per heavy atom. The fourth-order valence-electron chi connectivity index (χ4n) is 5.71. The number of benzene rings is 4. The van der Waals surface area contributed by atoms with E-state index in [4.69, 9.17) is 0 Å². The Morgan fingerprint density at radius 1 is 0.585 bits per heavy atom. The second-order valence-electron chi connectivity index (χ2n) is 9.81. The van der Waals surface area contributed by atoms with Crippen molar-refractivity contribution in [2.24, 2.45) is 0 Å². The molecule has 10 heteroatoms. The van der Waals surface area contributed by atoms with Gasteiger partial charge >= 0.3 is 0 Å². The molecule has 0 heterocycles. The number of halogens is 9. The molecule has 1 atom stereocenters. The highest BCUT2D eigenvalue weighted by atomic mass is 19.2. The van der Waals surface area contributed by atoms with Crippen molar-refractivity contribution in [2.45, 2.75) is 20.8 Å². The van der Waals surface area contributed by atoms with E-state index in [1.807, 2.05) is 0 Å². The van der Waals surface area contributed by atoms with Crippen LogP contribution in [0.25, 0.3) is 11.6 Å². The van der Waals surface area contributed by atoms with Crippen LogP contribution in [0.2, 0.25) is 0 Å². The van der Waals surface area contributed by atoms with Gasteiger partial charge in [0, 0.05) is 24.3 Å². The van der Waals surface area contributed by atoms with Gasteiger partial charge in [-0.2, -0.15) is 10.9 Å². The van der Waals surface area contributed by atoms with Gasteiger partial charge in [0.1, 0.15) is 23.6 Å². The summed E-state index contributed by atoms with van der Waals surface area (Å²) in [7, 11) is 0. The standard InChI is InChI=1S/C31H21BF9/c1-5-6-17-9-18(33)11-24(38)28(17)32(30-22(36)7-16(4)8-23(30)37,31-26(40)13-20(35)14-27(31)41)29-21(15(2)3)10-19(34)12-25(29)39/h5-14H,2H2,1,3-4H3/q-1/b6-5+. The van der Waals surface area contributed by atoms with Crippen molar-refractivity contribution in [3.63, 3.8) is 0 Å². The van der Waals surface area contributed by atoms with Crippen molar-refractivity contribution in [3.8, 4) is 0 Å². The summed E-state index contributed by atoms with van der Waals surface area (Å²) in [4.78, 5) is 0. The van der Waals surface area contributed by atoms with Crippen LogP contribution in [0.3, 0.4) is 0 Å². The van der Waals surface area contributed by atoms with Gasteiger partial charge in [0.2, 0.25) is 0 Å². The second-order valence-corrected chi connectivity index (χ2v) is 9.81. The summed E-state index contributed by atoms with van der Waals surface area (Å²) in [5, 5.41) is 0. The van der Waals surface area contributed by atoms with Gasteiger partial charge in [-0.1, -0.05) is 35.4 Å². The van der Waals surface area contributed by atoms with Gasteiger partial charge in [-0.15, -0.1) is 10.9 Å². The number of aryl methyl sites for hydroxylation is 1. The van der Waals surface area contributed by atoms with Gasteiger partial charge in [-0.25, -0.2) is 39.5 Å². The van der Waals surface area contributed by atoms with E-state index in [1.54, 1.807) is 0 Å². The first kappa shape index (κ1) is 29.8. The maximum Gasteiger partial charge on any atom is 0.131 e. The number of hydrogen-bond donors (Lipinski definition) is 0. The van der Waals surface area contributed by atoms with E-state index >= 15 is 26.3 Å². The van der Waals surface area contributed by atoms with Crippen LogP contribution in [0, 0.1) is 59.3 Å². The summed E-state index contributed by atoms with van der Waals surface area (Å²) in [6.07, 6.45) is -2.03. The van der Waals surface area contributed by atoms with Gasteiger partial charge < -0.3 is 0 Å². The van der Waals surface area contributed by atoms with Gasteiger partial charge in [0.25, 0.3) is 0 Å². The van der Waals surface area contributed by atoms with Crippen LogP contribution >= 0.6 is 0 Å². The van der Waals surface area contributed by atoms with Crippen LogP contribution in [-0.2, 0) is 0 Å². The van der Waals surface area contributed by atoms with Crippen molar-refractivity contribution in [1.82, 2.24) is 0 Å². The van der Waals surface area contributed by atoms with Gasteiger partial charge in [-0.3, -0.25) is 0 Å². The van der Waals surface area contributed by atoms with Gasteiger partial charge in [0.15, 0.2) is 0 Å². The molecule has 0 amide bonds. The zero-order valence-corrected chi connectivity index (χ0v) is 22.0. The largest absolute Gasteiger partial charge is 0.210 e. The average molecular weight is 575 g/mol. The van der Waals surface area contributed by atoms with E-state index in [0.29, 0.717) is 18.2 Å². The van der Waals surface area contributed by atoms with Crippen LogP contribution < -0.4 is 21.9 Å². The predicted octanol–water partition coefficient (Wildman–Crippen LogP) is 6.69. The molecular formula is C31H21BF9-. The lowest BCUT2D eigenvalue weighted by Gasteiger charge is -2.46. The Bertz CT molecular complexity index is 1640. The number of hydrogen-bond acceptors (Lipinski definition) is 0. The predicted molar refractivity (Wildman–Crippen MR) is 144 cm³/mol. The summed E-state index contributed by atoms with van der Waals surface area (Å²) in [6.45, 7) is 7.62. The number of allylic oxidation sites excluding steroid dienone is 2. The minimum atomic E-state index is -4.39.